The molecule has 0 aliphatic rings. The van der Waals surface area contributed by atoms with Crippen LogP contribution in [0.5, 0.6) is 5.75 Å². The van der Waals surface area contributed by atoms with Crippen LogP contribution in [0.2, 0.25) is 0 Å². The van der Waals surface area contributed by atoms with Crippen LogP contribution >= 0.6 is 15.9 Å². The second kappa shape index (κ2) is 5.54. The lowest BCUT2D eigenvalue weighted by Crippen LogP contribution is -2.33. The summed E-state index contributed by atoms with van der Waals surface area (Å²) in [6.07, 6.45) is 0. The predicted octanol–water partition coefficient (Wildman–Crippen LogP) is 2.28. The van der Waals surface area contributed by atoms with Gasteiger partial charge in [-0.3, -0.25) is 0 Å². The van der Waals surface area contributed by atoms with Gasteiger partial charge in [0.05, 0.1) is 16.8 Å². The number of nitrogens with two attached hydrogens (primary N) is 1. The van der Waals surface area contributed by atoms with Crippen LogP contribution in [0.15, 0.2) is 22.7 Å². The van der Waals surface area contributed by atoms with Crippen molar-refractivity contribution < 1.29 is 17.5 Å². The van der Waals surface area contributed by atoms with Crippen LogP contribution in [0.1, 0.15) is 13.8 Å². The Balaban J connectivity index is 2.67. The van der Waals surface area contributed by atoms with Gasteiger partial charge in [0.15, 0.2) is 0 Å². The van der Waals surface area contributed by atoms with Gasteiger partial charge >= 0.3 is 0 Å². The molecule has 0 heterocycles. The van der Waals surface area contributed by atoms with Gasteiger partial charge in [0.2, 0.25) is 10.0 Å². The lowest BCUT2D eigenvalue weighted by molar-refractivity contribution is 0.199. The van der Waals surface area contributed by atoms with E-state index in [0.717, 1.165) is 0 Å². The zero-order chi connectivity index (χ0) is 14.0. The van der Waals surface area contributed by atoms with Crippen LogP contribution in [0.25, 0.3) is 0 Å². The molecule has 0 saturated carbocycles. The van der Waals surface area contributed by atoms with Crippen molar-refractivity contribution >= 4 is 26.0 Å². The van der Waals surface area contributed by atoms with E-state index in [0.29, 0.717) is 10.2 Å². The highest BCUT2D eigenvalue weighted by Gasteiger charge is 2.25. The molecule has 4 nitrogen and oxygen atoms in total. The molecule has 0 aromatic heterocycles. The quantitative estimate of drug-likeness (QED) is 0.894. The van der Waals surface area contributed by atoms with E-state index in [1.165, 1.54) is 18.2 Å². The first-order chi connectivity index (χ1) is 8.09. The van der Waals surface area contributed by atoms with Crippen molar-refractivity contribution in [3.05, 3.63) is 28.5 Å². The molecule has 2 N–H and O–H groups in total. The minimum Gasteiger partial charge on any atom is -0.493 e. The minimum absolute atomic E-state index is 0.168. The summed E-state index contributed by atoms with van der Waals surface area (Å²) in [5, 5.41) is 4.99. The molecule has 0 saturated heterocycles. The van der Waals surface area contributed by atoms with Crippen LogP contribution in [0, 0.1) is 11.2 Å². The maximum absolute atomic E-state index is 13.0. The number of rotatable bonds is 5. The summed E-state index contributed by atoms with van der Waals surface area (Å²) in [5.74, 6) is -0.0977. The highest BCUT2D eigenvalue weighted by Crippen LogP contribution is 2.24. The van der Waals surface area contributed by atoms with E-state index in [-0.39, 0.29) is 18.2 Å². The van der Waals surface area contributed by atoms with E-state index in [9.17, 15) is 12.8 Å². The number of sulfonamides is 1. The summed E-state index contributed by atoms with van der Waals surface area (Å²) in [4.78, 5) is 0. The van der Waals surface area contributed by atoms with E-state index >= 15 is 0 Å². The van der Waals surface area contributed by atoms with Gasteiger partial charge in [-0.25, -0.2) is 17.9 Å². The van der Waals surface area contributed by atoms with Gasteiger partial charge in [0.25, 0.3) is 0 Å². The molecule has 0 atom stereocenters. The lowest BCUT2D eigenvalue weighted by atomic mass is 9.98. The maximum atomic E-state index is 13.0. The SMILES string of the molecule is CC(C)(COc1ccc(F)c(Br)c1)CS(N)(=O)=O. The number of ether oxygens (including phenoxy) is 1. The molecule has 1 aromatic rings. The van der Waals surface area contributed by atoms with E-state index in [1.54, 1.807) is 13.8 Å². The van der Waals surface area contributed by atoms with Crippen molar-refractivity contribution in [2.75, 3.05) is 12.4 Å². The summed E-state index contributed by atoms with van der Waals surface area (Å²) in [6.45, 7) is 3.63. The largest absolute Gasteiger partial charge is 0.493 e. The van der Waals surface area contributed by atoms with Gasteiger partial charge in [-0.2, -0.15) is 0 Å². The van der Waals surface area contributed by atoms with Gasteiger partial charge in [0, 0.05) is 5.41 Å². The third-order valence-corrected chi connectivity index (χ3v) is 3.90. The first kappa shape index (κ1) is 15.4. The predicted molar refractivity (Wildman–Crippen MR) is 71.4 cm³/mol. The van der Waals surface area contributed by atoms with E-state index in [1.807, 2.05) is 0 Å². The maximum Gasteiger partial charge on any atom is 0.209 e. The molecule has 0 aliphatic heterocycles. The molecular weight excluding hydrogens is 325 g/mol. The average Bonchev–Trinajstić information content (AvgIpc) is 2.16. The van der Waals surface area contributed by atoms with Crippen LogP contribution in [0.3, 0.4) is 0 Å². The van der Waals surface area contributed by atoms with Crippen molar-refractivity contribution in [2.24, 2.45) is 10.6 Å². The molecule has 0 amide bonds. The van der Waals surface area contributed by atoms with Crippen LogP contribution in [-0.2, 0) is 10.0 Å². The van der Waals surface area contributed by atoms with Crippen LogP contribution < -0.4 is 9.88 Å². The second-order valence-electron chi connectivity index (χ2n) is 4.84. The molecule has 0 unspecified atom stereocenters. The van der Waals surface area contributed by atoms with Crippen molar-refractivity contribution in [1.82, 2.24) is 0 Å². The Hall–Kier alpha value is -0.660. The highest BCUT2D eigenvalue weighted by atomic mass is 79.9. The third-order valence-electron chi connectivity index (χ3n) is 2.11. The zero-order valence-corrected chi connectivity index (χ0v) is 12.5. The Kier molecular flexibility index (Phi) is 4.74. The zero-order valence-electron chi connectivity index (χ0n) is 10.1. The molecule has 0 fully saturated rings. The van der Waals surface area contributed by atoms with Gasteiger partial charge < -0.3 is 4.74 Å². The van der Waals surface area contributed by atoms with E-state index in [2.05, 4.69) is 15.9 Å². The number of hydrogen-bond donors (Lipinski definition) is 1. The molecule has 0 bridgehead atoms. The fourth-order valence-corrected chi connectivity index (χ4v) is 2.96. The van der Waals surface area contributed by atoms with Crippen molar-refractivity contribution in [3.8, 4) is 5.75 Å². The number of halogens is 2. The Morgan fingerprint density at radius 3 is 2.56 bits per heavy atom. The molecule has 18 heavy (non-hydrogen) atoms. The third kappa shape index (κ3) is 5.32. The molecule has 7 heteroatoms. The number of benzene rings is 1. The Labute approximate surface area is 115 Å². The summed E-state index contributed by atoms with van der Waals surface area (Å²) < 4.78 is 40.8. The van der Waals surface area contributed by atoms with Gasteiger partial charge in [-0.1, -0.05) is 13.8 Å². The summed E-state index contributed by atoms with van der Waals surface area (Å²) >= 11 is 3.04. The summed E-state index contributed by atoms with van der Waals surface area (Å²) in [5.41, 5.74) is -0.617. The Morgan fingerprint density at radius 1 is 1.44 bits per heavy atom. The fourth-order valence-electron chi connectivity index (χ4n) is 1.43. The molecule has 102 valence electrons. The standard InChI is InChI=1S/C11H15BrFNO3S/c1-11(2,7-18(14,15)16)6-17-8-3-4-10(13)9(12)5-8/h3-5H,6-7H2,1-2H3,(H2,14,15,16). The first-order valence-electron chi connectivity index (χ1n) is 5.17. The van der Waals surface area contributed by atoms with Gasteiger partial charge in [-0.15, -0.1) is 0 Å². The van der Waals surface area contributed by atoms with E-state index in [4.69, 9.17) is 9.88 Å². The topological polar surface area (TPSA) is 69.4 Å². The number of primary sulfonamides is 1. The number of hydrogen-bond acceptors (Lipinski definition) is 3. The second-order valence-corrected chi connectivity index (χ2v) is 7.30. The Bertz CT molecular complexity index is 531. The molecule has 1 aromatic carbocycles. The molecule has 0 radical (unpaired) electrons. The van der Waals surface area contributed by atoms with Gasteiger partial charge in [-0.05, 0) is 34.1 Å². The smallest absolute Gasteiger partial charge is 0.209 e. The van der Waals surface area contributed by atoms with Crippen LogP contribution in [-0.4, -0.2) is 20.8 Å². The summed E-state index contributed by atoms with van der Waals surface area (Å²) in [6, 6.07) is 4.24. The lowest BCUT2D eigenvalue weighted by Gasteiger charge is -2.23. The monoisotopic (exact) mass is 339 g/mol. The Morgan fingerprint density at radius 2 is 2.06 bits per heavy atom. The van der Waals surface area contributed by atoms with Gasteiger partial charge in [0.1, 0.15) is 11.6 Å². The fraction of sp³-hybridized carbons (Fsp3) is 0.455. The van der Waals surface area contributed by atoms with Crippen molar-refractivity contribution in [1.29, 1.82) is 0 Å². The van der Waals surface area contributed by atoms with E-state index < -0.39 is 15.4 Å². The minimum atomic E-state index is -3.55. The molecule has 0 spiro atoms. The first-order valence-corrected chi connectivity index (χ1v) is 7.68. The van der Waals surface area contributed by atoms with Crippen molar-refractivity contribution in [2.45, 2.75) is 13.8 Å². The average molecular weight is 340 g/mol. The van der Waals surface area contributed by atoms with Crippen molar-refractivity contribution in [3.63, 3.8) is 0 Å². The molecular formula is C11H15BrFNO3S. The molecule has 1 rings (SSSR count). The normalized spacial score (nSPS) is 12.5. The van der Waals surface area contributed by atoms with Crippen LogP contribution in [0.4, 0.5) is 4.39 Å². The summed E-state index contributed by atoms with van der Waals surface area (Å²) in [7, 11) is -3.55. The molecule has 0 aliphatic carbocycles. The highest BCUT2D eigenvalue weighted by molar-refractivity contribution is 9.10.